The minimum atomic E-state index is -0.928. The van der Waals surface area contributed by atoms with E-state index in [4.69, 9.17) is 9.47 Å². The number of hydrogen-bond donors (Lipinski definition) is 2. The molecule has 0 aromatic heterocycles. The number of nitrogens with one attached hydrogen (secondary N) is 2. The summed E-state index contributed by atoms with van der Waals surface area (Å²) < 4.78 is 13.3. The minimum Gasteiger partial charge on any atom is -0.379 e. The van der Waals surface area contributed by atoms with E-state index >= 15 is 0 Å². The van der Waals surface area contributed by atoms with E-state index in [1.807, 2.05) is 25.1 Å². The standard InChI is InChI=1S/C40H44N2O2/c1-30-14-20-33(21-15-30)26-37(42-39-13-9-8-12-38(39)41-27-34-22-16-31(2)17-23-34)29-44-40(4,36-10-6-5-7-11-36)43-28-35-24-18-32(3)19-25-35/h5-25,37,41-42H,26-29H2,1-4H3/t37-,40?/m1/s1. The van der Waals surface area contributed by atoms with Gasteiger partial charge in [-0.15, -0.1) is 0 Å². The summed E-state index contributed by atoms with van der Waals surface area (Å²) in [6.45, 7) is 10.00. The highest BCUT2D eigenvalue weighted by Gasteiger charge is 2.30. The van der Waals surface area contributed by atoms with Crippen LogP contribution in [-0.4, -0.2) is 12.6 Å². The van der Waals surface area contributed by atoms with Crippen LogP contribution in [0.25, 0.3) is 0 Å². The largest absolute Gasteiger partial charge is 0.379 e. The Bertz CT molecular complexity index is 1580. The molecule has 2 atom stereocenters. The van der Waals surface area contributed by atoms with Crippen LogP contribution < -0.4 is 10.6 Å². The summed E-state index contributed by atoms with van der Waals surface area (Å²) in [7, 11) is 0. The van der Waals surface area contributed by atoms with Crippen molar-refractivity contribution in [3.8, 4) is 0 Å². The molecular weight excluding hydrogens is 540 g/mol. The molecule has 0 fully saturated rings. The van der Waals surface area contributed by atoms with Gasteiger partial charge in [-0.25, -0.2) is 0 Å². The Labute approximate surface area is 263 Å². The summed E-state index contributed by atoms with van der Waals surface area (Å²) in [6, 6.07) is 44.5. The molecule has 44 heavy (non-hydrogen) atoms. The first-order valence-electron chi connectivity index (χ1n) is 15.5. The van der Waals surface area contributed by atoms with Gasteiger partial charge in [0.15, 0.2) is 5.79 Å². The smallest absolute Gasteiger partial charge is 0.192 e. The summed E-state index contributed by atoms with van der Waals surface area (Å²) in [6.07, 6.45) is 0.801. The van der Waals surface area contributed by atoms with E-state index in [0.29, 0.717) is 13.2 Å². The molecule has 0 radical (unpaired) electrons. The van der Waals surface area contributed by atoms with Crippen LogP contribution in [0.2, 0.25) is 0 Å². The predicted octanol–water partition coefficient (Wildman–Crippen LogP) is 9.35. The molecule has 1 unspecified atom stereocenters. The maximum Gasteiger partial charge on any atom is 0.192 e. The molecule has 0 aliphatic carbocycles. The summed E-state index contributed by atoms with van der Waals surface area (Å²) in [5, 5.41) is 7.46. The van der Waals surface area contributed by atoms with E-state index in [2.05, 4.69) is 141 Å². The lowest BCUT2D eigenvalue weighted by Crippen LogP contribution is -2.36. The van der Waals surface area contributed by atoms with Crippen LogP contribution in [0.1, 0.15) is 45.9 Å². The van der Waals surface area contributed by atoms with Crippen molar-refractivity contribution in [1.82, 2.24) is 0 Å². The fraction of sp³-hybridized carbons (Fsp3) is 0.250. The molecule has 0 aliphatic heterocycles. The normalized spacial score (nSPS) is 13.2. The Balaban J connectivity index is 1.36. The number of para-hydroxylation sites is 2. The van der Waals surface area contributed by atoms with Crippen molar-refractivity contribution in [2.75, 3.05) is 17.2 Å². The van der Waals surface area contributed by atoms with E-state index < -0.39 is 5.79 Å². The fourth-order valence-electron chi connectivity index (χ4n) is 5.16. The van der Waals surface area contributed by atoms with Crippen molar-refractivity contribution in [2.45, 2.75) is 59.1 Å². The third-order valence-corrected chi connectivity index (χ3v) is 7.99. The summed E-state index contributed by atoms with van der Waals surface area (Å²) in [5.74, 6) is -0.928. The van der Waals surface area contributed by atoms with Crippen molar-refractivity contribution in [3.63, 3.8) is 0 Å². The van der Waals surface area contributed by atoms with Gasteiger partial charge in [0.2, 0.25) is 0 Å². The van der Waals surface area contributed by atoms with Gasteiger partial charge in [-0.2, -0.15) is 0 Å². The zero-order chi connectivity index (χ0) is 30.8. The molecule has 0 heterocycles. The second-order valence-electron chi connectivity index (χ2n) is 11.8. The maximum absolute atomic E-state index is 6.77. The van der Waals surface area contributed by atoms with E-state index in [1.165, 1.54) is 27.8 Å². The average molecular weight is 585 g/mol. The van der Waals surface area contributed by atoms with Crippen LogP contribution in [0.15, 0.2) is 127 Å². The Morgan fingerprint density at radius 1 is 0.568 bits per heavy atom. The van der Waals surface area contributed by atoms with Crippen molar-refractivity contribution in [2.24, 2.45) is 0 Å². The number of anilines is 2. The molecule has 0 spiro atoms. The number of ether oxygens (including phenoxy) is 2. The average Bonchev–Trinajstić information content (AvgIpc) is 3.05. The first-order valence-corrected chi connectivity index (χ1v) is 15.5. The van der Waals surface area contributed by atoms with Gasteiger partial charge in [-0.05, 0) is 62.9 Å². The third kappa shape index (κ3) is 8.82. The monoisotopic (exact) mass is 584 g/mol. The first kappa shape index (κ1) is 31.1. The molecule has 0 bridgehead atoms. The lowest BCUT2D eigenvalue weighted by Gasteiger charge is -2.33. The van der Waals surface area contributed by atoms with Crippen LogP contribution in [-0.2, 0) is 34.8 Å². The van der Waals surface area contributed by atoms with Crippen molar-refractivity contribution >= 4 is 11.4 Å². The predicted molar refractivity (Wildman–Crippen MR) is 183 cm³/mol. The Morgan fingerprint density at radius 3 is 1.70 bits per heavy atom. The van der Waals surface area contributed by atoms with Gasteiger partial charge >= 0.3 is 0 Å². The molecule has 226 valence electrons. The van der Waals surface area contributed by atoms with Gasteiger partial charge in [0.05, 0.1) is 30.6 Å². The van der Waals surface area contributed by atoms with Crippen molar-refractivity contribution in [1.29, 1.82) is 0 Å². The zero-order valence-electron chi connectivity index (χ0n) is 26.3. The Morgan fingerprint density at radius 2 is 1.09 bits per heavy atom. The lowest BCUT2D eigenvalue weighted by atomic mass is 10.0. The SMILES string of the molecule is Cc1ccc(CNc2ccccc2N[C@@H](COC(C)(OCc2ccc(C)cc2)c2ccccc2)Cc2ccc(C)cc2)cc1. The maximum atomic E-state index is 6.77. The lowest BCUT2D eigenvalue weighted by molar-refractivity contribution is -0.242. The van der Waals surface area contributed by atoms with E-state index in [1.54, 1.807) is 0 Å². The third-order valence-electron chi connectivity index (χ3n) is 7.99. The van der Waals surface area contributed by atoms with Crippen molar-refractivity contribution < 1.29 is 9.47 Å². The number of rotatable bonds is 14. The van der Waals surface area contributed by atoms with Crippen LogP contribution in [0.3, 0.4) is 0 Å². The summed E-state index contributed by atoms with van der Waals surface area (Å²) in [5.41, 5.74) is 10.4. The molecule has 0 saturated heterocycles. The molecule has 5 aromatic carbocycles. The quantitative estimate of drug-likeness (QED) is 0.128. The molecule has 5 rings (SSSR count). The molecule has 0 aliphatic rings. The Hall–Kier alpha value is -4.38. The molecule has 0 saturated carbocycles. The van der Waals surface area contributed by atoms with Crippen LogP contribution in [0.5, 0.6) is 0 Å². The number of benzene rings is 5. The highest BCUT2D eigenvalue weighted by atomic mass is 16.7. The van der Waals surface area contributed by atoms with E-state index in [-0.39, 0.29) is 6.04 Å². The second-order valence-corrected chi connectivity index (χ2v) is 11.8. The molecule has 5 aromatic rings. The van der Waals surface area contributed by atoms with Crippen LogP contribution in [0, 0.1) is 20.8 Å². The summed E-state index contributed by atoms with van der Waals surface area (Å²) >= 11 is 0. The highest BCUT2D eigenvalue weighted by molar-refractivity contribution is 5.69. The molecular formula is C40H44N2O2. The second kappa shape index (κ2) is 14.9. The molecule has 0 amide bonds. The first-order chi connectivity index (χ1) is 21.4. The van der Waals surface area contributed by atoms with Gasteiger partial charge in [0, 0.05) is 12.1 Å². The molecule has 2 N–H and O–H groups in total. The van der Waals surface area contributed by atoms with Gasteiger partial charge in [-0.1, -0.05) is 132 Å². The zero-order valence-corrected chi connectivity index (χ0v) is 26.3. The van der Waals surface area contributed by atoms with Gasteiger partial charge in [-0.3, -0.25) is 0 Å². The van der Waals surface area contributed by atoms with E-state index in [9.17, 15) is 0 Å². The van der Waals surface area contributed by atoms with E-state index in [0.717, 1.165) is 35.5 Å². The van der Waals surface area contributed by atoms with Crippen molar-refractivity contribution in [3.05, 3.63) is 166 Å². The number of hydrogen-bond acceptors (Lipinski definition) is 4. The topological polar surface area (TPSA) is 42.5 Å². The highest BCUT2D eigenvalue weighted by Crippen LogP contribution is 2.30. The Kier molecular flexibility index (Phi) is 10.5. The van der Waals surface area contributed by atoms with Crippen LogP contribution >= 0.6 is 0 Å². The molecule has 4 nitrogen and oxygen atoms in total. The van der Waals surface area contributed by atoms with Gasteiger partial charge < -0.3 is 20.1 Å². The van der Waals surface area contributed by atoms with Crippen LogP contribution in [0.4, 0.5) is 11.4 Å². The van der Waals surface area contributed by atoms with Gasteiger partial charge in [0.25, 0.3) is 0 Å². The number of aryl methyl sites for hydroxylation is 3. The van der Waals surface area contributed by atoms with Gasteiger partial charge in [0.1, 0.15) is 0 Å². The summed E-state index contributed by atoms with van der Waals surface area (Å²) in [4.78, 5) is 0. The minimum absolute atomic E-state index is 0.00829. The molecule has 4 heteroatoms. The fourth-order valence-corrected chi connectivity index (χ4v) is 5.16.